The lowest BCUT2D eigenvalue weighted by Crippen LogP contribution is -2.39. The Labute approximate surface area is 153 Å². The van der Waals surface area contributed by atoms with Crippen LogP contribution in [-0.4, -0.2) is 23.2 Å². The van der Waals surface area contributed by atoms with Crippen LogP contribution in [0.15, 0.2) is 54.6 Å². The first-order valence-corrected chi connectivity index (χ1v) is 8.66. The molecule has 0 fully saturated rings. The Kier molecular flexibility index (Phi) is 7.64. The first-order chi connectivity index (χ1) is 12.6. The second-order valence-electron chi connectivity index (χ2n) is 5.91. The maximum atomic E-state index is 12.2. The van der Waals surface area contributed by atoms with Crippen molar-refractivity contribution in [3.63, 3.8) is 0 Å². The van der Waals surface area contributed by atoms with Crippen LogP contribution in [0.1, 0.15) is 42.1 Å². The van der Waals surface area contributed by atoms with E-state index in [0.29, 0.717) is 30.6 Å². The van der Waals surface area contributed by atoms with Gasteiger partial charge in [0.15, 0.2) is 6.23 Å². The average Bonchev–Trinajstić information content (AvgIpc) is 2.67. The molecule has 0 aliphatic heterocycles. The van der Waals surface area contributed by atoms with Gasteiger partial charge in [0.05, 0.1) is 0 Å². The summed E-state index contributed by atoms with van der Waals surface area (Å²) >= 11 is 0. The Bertz CT molecular complexity index is 702. The number of carbonyl (C=O) groups excluding carboxylic acids is 2. The largest absolute Gasteiger partial charge is 0.471 e. The van der Waals surface area contributed by atoms with Crippen LogP contribution in [0.3, 0.4) is 0 Å². The number of aryl methyl sites for hydroxylation is 1. The summed E-state index contributed by atoms with van der Waals surface area (Å²) in [6, 6.07) is 16.2. The smallest absolute Gasteiger partial charge is 0.274 e. The minimum atomic E-state index is -0.587. The van der Waals surface area contributed by atoms with Crippen LogP contribution < -0.4 is 15.5 Å². The van der Waals surface area contributed by atoms with E-state index in [4.69, 9.17) is 9.94 Å². The van der Waals surface area contributed by atoms with Gasteiger partial charge in [-0.3, -0.25) is 14.8 Å². The predicted molar refractivity (Wildman–Crippen MR) is 97.9 cm³/mol. The van der Waals surface area contributed by atoms with Crippen LogP contribution in [0, 0.1) is 0 Å². The molecule has 26 heavy (non-hydrogen) atoms. The standard InChI is InChI=1S/C20H24N2O4/c1-2-6-19(21-18(23)14-9-15-7-4-3-5-8-15)26-17-12-10-16(11-13-17)20(24)22-25/h3-5,7-8,10-13,19,25H,2,6,9,14H2,1H3,(H,21,23)(H,22,24). The van der Waals surface area contributed by atoms with Crippen molar-refractivity contribution < 1.29 is 19.5 Å². The van der Waals surface area contributed by atoms with Gasteiger partial charge in [-0.15, -0.1) is 0 Å². The Morgan fingerprint density at radius 2 is 1.77 bits per heavy atom. The van der Waals surface area contributed by atoms with Crippen LogP contribution in [0.2, 0.25) is 0 Å². The number of benzene rings is 2. The van der Waals surface area contributed by atoms with Crippen molar-refractivity contribution in [2.75, 3.05) is 0 Å². The summed E-state index contributed by atoms with van der Waals surface area (Å²) in [6.45, 7) is 2.02. The van der Waals surface area contributed by atoms with Crippen LogP contribution in [-0.2, 0) is 11.2 Å². The summed E-state index contributed by atoms with van der Waals surface area (Å²) in [5, 5.41) is 11.5. The average molecular weight is 356 g/mol. The second kappa shape index (κ2) is 10.2. The SMILES string of the molecule is CCCC(NC(=O)CCc1ccccc1)Oc1ccc(C(=O)NO)cc1. The molecular formula is C20H24N2O4. The van der Waals surface area contributed by atoms with Gasteiger partial charge in [0.25, 0.3) is 5.91 Å². The molecule has 2 aromatic carbocycles. The normalized spacial score (nSPS) is 11.5. The maximum absolute atomic E-state index is 12.2. The number of nitrogens with one attached hydrogen (secondary N) is 2. The molecule has 0 spiro atoms. The molecule has 0 bridgehead atoms. The Hall–Kier alpha value is -2.86. The number of hydrogen-bond acceptors (Lipinski definition) is 4. The quantitative estimate of drug-likeness (QED) is 0.366. The fraction of sp³-hybridized carbons (Fsp3) is 0.300. The molecule has 138 valence electrons. The molecule has 0 aliphatic carbocycles. The molecule has 0 aromatic heterocycles. The molecule has 0 saturated heterocycles. The number of hydroxylamine groups is 1. The van der Waals surface area contributed by atoms with Crippen LogP contribution in [0.25, 0.3) is 0 Å². The molecule has 2 rings (SSSR count). The molecule has 0 radical (unpaired) electrons. The van der Waals surface area contributed by atoms with E-state index in [1.807, 2.05) is 37.3 Å². The molecule has 0 heterocycles. The van der Waals surface area contributed by atoms with Crippen molar-refractivity contribution in [3.05, 3.63) is 65.7 Å². The minimum Gasteiger partial charge on any atom is -0.471 e. The van der Waals surface area contributed by atoms with Crippen molar-refractivity contribution in [1.82, 2.24) is 10.8 Å². The van der Waals surface area contributed by atoms with Gasteiger partial charge in [-0.1, -0.05) is 43.7 Å². The fourth-order valence-corrected chi connectivity index (χ4v) is 2.49. The highest BCUT2D eigenvalue weighted by atomic mass is 16.5. The maximum Gasteiger partial charge on any atom is 0.274 e. The molecule has 6 nitrogen and oxygen atoms in total. The number of hydrogen-bond donors (Lipinski definition) is 3. The van der Waals surface area contributed by atoms with Crippen LogP contribution in [0.5, 0.6) is 5.75 Å². The lowest BCUT2D eigenvalue weighted by molar-refractivity contribution is -0.123. The highest BCUT2D eigenvalue weighted by molar-refractivity contribution is 5.93. The van der Waals surface area contributed by atoms with E-state index in [9.17, 15) is 9.59 Å². The highest BCUT2D eigenvalue weighted by Gasteiger charge is 2.14. The third-order valence-electron chi connectivity index (χ3n) is 3.85. The zero-order valence-electron chi connectivity index (χ0n) is 14.8. The van der Waals surface area contributed by atoms with Gasteiger partial charge in [-0.05, 0) is 36.2 Å². The van der Waals surface area contributed by atoms with E-state index in [1.54, 1.807) is 29.7 Å². The summed E-state index contributed by atoms with van der Waals surface area (Å²) < 4.78 is 5.82. The van der Waals surface area contributed by atoms with Crippen molar-refractivity contribution in [2.24, 2.45) is 0 Å². The van der Waals surface area contributed by atoms with Crippen LogP contribution in [0.4, 0.5) is 0 Å². The Balaban J connectivity index is 1.89. The van der Waals surface area contributed by atoms with Gasteiger partial charge in [-0.2, -0.15) is 0 Å². The zero-order chi connectivity index (χ0) is 18.8. The molecule has 0 aliphatic rings. The van der Waals surface area contributed by atoms with E-state index < -0.39 is 12.1 Å². The van der Waals surface area contributed by atoms with Crippen molar-refractivity contribution in [3.8, 4) is 5.75 Å². The molecule has 0 saturated carbocycles. The molecule has 2 amide bonds. The predicted octanol–water partition coefficient (Wildman–Crippen LogP) is 3.06. The summed E-state index contributed by atoms with van der Waals surface area (Å²) in [6.07, 6.45) is 2.17. The topological polar surface area (TPSA) is 87.7 Å². The molecule has 6 heteroatoms. The van der Waals surface area contributed by atoms with E-state index in [1.165, 1.54) is 0 Å². The molecule has 3 N–H and O–H groups in total. The van der Waals surface area contributed by atoms with E-state index >= 15 is 0 Å². The van der Waals surface area contributed by atoms with Gasteiger partial charge >= 0.3 is 0 Å². The van der Waals surface area contributed by atoms with Gasteiger partial charge in [-0.25, -0.2) is 5.48 Å². The minimum absolute atomic E-state index is 0.0661. The first kappa shape index (κ1) is 19.5. The molecule has 1 atom stereocenters. The monoisotopic (exact) mass is 356 g/mol. The first-order valence-electron chi connectivity index (χ1n) is 8.66. The number of amides is 2. The molecule has 1 unspecified atom stereocenters. The van der Waals surface area contributed by atoms with E-state index in [-0.39, 0.29) is 5.91 Å². The Morgan fingerprint density at radius 1 is 1.08 bits per heavy atom. The van der Waals surface area contributed by atoms with Crippen molar-refractivity contribution >= 4 is 11.8 Å². The number of rotatable bonds is 9. The second-order valence-corrected chi connectivity index (χ2v) is 5.91. The van der Waals surface area contributed by atoms with Gasteiger partial charge < -0.3 is 10.1 Å². The Morgan fingerprint density at radius 3 is 2.38 bits per heavy atom. The number of ether oxygens (including phenoxy) is 1. The molecular weight excluding hydrogens is 332 g/mol. The third-order valence-corrected chi connectivity index (χ3v) is 3.85. The summed E-state index contributed by atoms with van der Waals surface area (Å²) in [5.41, 5.74) is 3.02. The van der Waals surface area contributed by atoms with Gasteiger partial charge in [0.1, 0.15) is 5.75 Å². The third kappa shape index (κ3) is 6.22. The van der Waals surface area contributed by atoms with Crippen LogP contribution >= 0.6 is 0 Å². The van der Waals surface area contributed by atoms with Crippen molar-refractivity contribution in [2.45, 2.75) is 38.8 Å². The summed E-state index contributed by atoms with van der Waals surface area (Å²) in [7, 11) is 0. The number of carbonyl (C=O) groups is 2. The fourth-order valence-electron chi connectivity index (χ4n) is 2.49. The van der Waals surface area contributed by atoms with Gasteiger partial charge in [0.2, 0.25) is 5.91 Å². The lowest BCUT2D eigenvalue weighted by atomic mass is 10.1. The van der Waals surface area contributed by atoms with E-state index in [0.717, 1.165) is 12.0 Å². The van der Waals surface area contributed by atoms with Crippen molar-refractivity contribution in [1.29, 1.82) is 0 Å². The van der Waals surface area contributed by atoms with E-state index in [2.05, 4.69) is 5.32 Å². The summed E-state index contributed by atoms with van der Waals surface area (Å²) in [4.78, 5) is 23.5. The van der Waals surface area contributed by atoms with Gasteiger partial charge in [0, 0.05) is 18.4 Å². The zero-order valence-corrected chi connectivity index (χ0v) is 14.8. The summed E-state index contributed by atoms with van der Waals surface area (Å²) in [5.74, 6) is -0.110. The lowest BCUT2D eigenvalue weighted by Gasteiger charge is -2.20. The highest BCUT2D eigenvalue weighted by Crippen LogP contribution is 2.15. The molecule has 2 aromatic rings.